The molecule has 0 heterocycles. The number of carbonyl (C=O) groups is 1. The SMILES string of the molecule is COC(=O)C(Br)C(OC)c1ccc(Cl)cc1. The average molecular weight is 308 g/mol. The summed E-state index contributed by atoms with van der Waals surface area (Å²) in [5.41, 5.74) is 0.860. The second kappa shape index (κ2) is 6.23. The van der Waals surface area contributed by atoms with Crippen molar-refractivity contribution in [2.75, 3.05) is 14.2 Å². The van der Waals surface area contributed by atoms with E-state index in [1.807, 2.05) is 12.1 Å². The van der Waals surface area contributed by atoms with Gasteiger partial charge in [0.05, 0.1) is 7.11 Å². The first kappa shape index (κ1) is 13.5. The first-order chi connectivity index (χ1) is 7.60. The van der Waals surface area contributed by atoms with Gasteiger partial charge in [-0.2, -0.15) is 0 Å². The van der Waals surface area contributed by atoms with Gasteiger partial charge >= 0.3 is 5.97 Å². The molecule has 0 amide bonds. The normalized spacial score (nSPS) is 14.2. The fourth-order valence-corrected chi connectivity index (χ4v) is 2.15. The Balaban J connectivity index is 2.89. The second-order valence-electron chi connectivity index (χ2n) is 3.13. The van der Waals surface area contributed by atoms with E-state index in [1.54, 1.807) is 12.1 Å². The predicted octanol–water partition coefficient (Wildman–Crippen LogP) is 2.96. The van der Waals surface area contributed by atoms with Crippen molar-refractivity contribution in [1.82, 2.24) is 0 Å². The first-order valence-electron chi connectivity index (χ1n) is 4.60. The third-order valence-corrected chi connectivity index (χ3v) is 3.25. The molecule has 2 unspecified atom stereocenters. The summed E-state index contributed by atoms with van der Waals surface area (Å²) in [6.07, 6.45) is -0.398. The van der Waals surface area contributed by atoms with Crippen molar-refractivity contribution in [2.45, 2.75) is 10.9 Å². The number of carbonyl (C=O) groups excluding carboxylic acids is 1. The molecular formula is C11H12BrClO3. The number of hydrogen-bond acceptors (Lipinski definition) is 3. The van der Waals surface area contributed by atoms with Crippen LogP contribution in [-0.4, -0.2) is 25.0 Å². The van der Waals surface area contributed by atoms with Gasteiger partial charge in [-0.05, 0) is 17.7 Å². The molecule has 0 aromatic heterocycles. The molecule has 0 fully saturated rings. The summed E-state index contributed by atoms with van der Waals surface area (Å²) >= 11 is 9.04. The van der Waals surface area contributed by atoms with Crippen LogP contribution in [0, 0.1) is 0 Å². The molecule has 3 nitrogen and oxygen atoms in total. The number of alkyl halides is 1. The lowest BCUT2D eigenvalue weighted by molar-refractivity contribution is -0.142. The van der Waals surface area contributed by atoms with Gasteiger partial charge in [0.25, 0.3) is 0 Å². The molecule has 0 aliphatic carbocycles. The number of halogens is 2. The van der Waals surface area contributed by atoms with Crippen LogP contribution < -0.4 is 0 Å². The predicted molar refractivity (Wildman–Crippen MR) is 65.9 cm³/mol. The van der Waals surface area contributed by atoms with Crippen LogP contribution in [0.3, 0.4) is 0 Å². The van der Waals surface area contributed by atoms with E-state index in [0.29, 0.717) is 5.02 Å². The van der Waals surface area contributed by atoms with E-state index in [2.05, 4.69) is 20.7 Å². The molecule has 0 spiro atoms. The van der Waals surface area contributed by atoms with Crippen LogP contribution in [0.25, 0.3) is 0 Å². The van der Waals surface area contributed by atoms with Crippen LogP contribution in [0.4, 0.5) is 0 Å². The van der Waals surface area contributed by atoms with Crippen LogP contribution in [0.2, 0.25) is 5.02 Å². The van der Waals surface area contributed by atoms with E-state index >= 15 is 0 Å². The van der Waals surface area contributed by atoms with Gasteiger partial charge in [0.15, 0.2) is 0 Å². The summed E-state index contributed by atoms with van der Waals surface area (Å²) in [5, 5.41) is 0.641. The summed E-state index contributed by atoms with van der Waals surface area (Å²) in [7, 11) is 2.88. The molecule has 0 aliphatic rings. The molecule has 0 bridgehead atoms. The van der Waals surface area contributed by atoms with Gasteiger partial charge < -0.3 is 9.47 Å². The zero-order valence-corrected chi connectivity index (χ0v) is 11.3. The van der Waals surface area contributed by atoms with Gasteiger partial charge in [0, 0.05) is 12.1 Å². The number of esters is 1. The monoisotopic (exact) mass is 306 g/mol. The van der Waals surface area contributed by atoms with Crippen LogP contribution in [0.5, 0.6) is 0 Å². The summed E-state index contributed by atoms with van der Waals surface area (Å²) in [6.45, 7) is 0. The van der Waals surface area contributed by atoms with Gasteiger partial charge in [-0.15, -0.1) is 0 Å². The van der Waals surface area contributed by atoms with Gasteiger partial charge in [-0.25, -0.2) is 0 Å². The highest BCUT2D eigenvalue weighted by atomic mass is 79.9. The molecule has 5 heteroatoms. The third kappa shape index (κ3) is 3.20. The smallest absolute Gasteiger partial charge is 0.322 e. The van der Waals surface area contributed by atoms with Gasteiger partial charge in [0.1, 0.15) is 10.9 Å². The minimum Gasteiger partial charge on any atom is -0.468 e. The van der Waals surface area contributed by atoms with Crippen LogP contribution in [-0.2, 0) is 14.3 Å². The quantitative estimate of drug-likeness (QED) is 0.634. The minimum absolute atomic E-state index is 0.373. The van der Waals surface area contributed by atoms with Crippen molar-refractivity contribution in [3.63, 3.8) is 0 Å². The second-order valence-corrected chi connectivity index (χ2v) is 4.56. The zero-order chi connectivity index (χ0) is 12.1. The van der Waals surface area contributed by atoms with E-state index in [0.717, 1.165) is 5.56 Å². The highest BCUT2D eigenvalue weighted by molar-refractivity contribution is 9.10. The summed E-state index contributed by atoms with van der Waals surface area (Å²) in [5.74, 6) is -0.373. The molecule has 1 aromatic rings. The molecule has 0 N–H and O–H groups in total. The fourth-order valence-electron chi connectivity index (χ4n) is 1.31. The lowest BCUT2D eigenvalue weighted by Crippen LogP contribution is -2.24. The Bertz CT molecular complexity index is 353. The van der Waals surface area contributed by atoms with Gasteiger partial charge in [0.2, 0.25) is 0 Å². The van der Waals surface area contributed by atoms with Crippen molar-refractivity contribution in [1.29, 1.82) is 0 Å². The van der Waals surface area contributed by atoms with Gasteiger partial charge in [-0.1, -0.05) is 39.7 Å². The van der Waals surface area contributed by atoms with E-state index in [4.69, 9.17) is 16.3 Å². The van der Waals surface area contributed by atoms with Crippen LogP contribution >= 0.6 is 27.5 Å². The van der Waals surface area contributed by atoms with E-state index in [9.17, 15) is 4.79 Å². The van der Waals surface area contributed by atoms with Crippen molar-refractivity contribution in [3.05, 3.63) is 34.9 Å². The Kier molecular flexibility index (Phi) is 5.25. The molecule has 1 rings (SSSR count). The number of ether oxygens (including phenoxy) is 2. The minimum atomic E-state index is -0.538. The largest absolute Gasteiger partial charge is 0.468 e. The van der Waals surface area contributed by atoms with Crippen molar-refractivity contribution in [3.8, 4) is 0 Å². The summed E-state index contributed by atoms with van der Waals surface area (Å²) < 4.78 is 9.92. The molecular weight excluding hydrogens is 295 g/mol. The van der Waals surface area contributed by atoms with E-state index < -0.39 is 10.9 Å². The summed E-state index contributed by atoms with van der Waals surface area (Å²) in [6, 6.07) is 7.13. The molecule has 88 valence electrons. The molecule has 1 aromatic carbocycles. The molecule has 0 aliphatic heterocycles. The highest BCUT2D eigenvalue weighted by Crippen LogP contribution is 2.27. The van der Waals surface area contributed by atoms with Crippen LogP contribution in [0.15, 0.2) is 24.3 Å². The molecule has 0 radical (unpaired) electrons. The van der Waals surface area contributed by atoms with Gasteiger partial charge in [-0.3, -0.25) is 4.79 Å². The molecule has 16 heavy (non-hydrogen) atoms. The number of methoxy groups -OCH3 is 2. The Morgan fingerprint density at radius 2 is 1.88 bits per heavy atom. The average Bonchev–Trinajstić information content (AvgIpc) is 2.31. The summed E-state index contributed by atoms with van der Waals surface area (Å²) in [4.78, 5) is 10.8. The van der Waals surface area contributed by atoms with E-state index in [-0.39, 0.29) is 5.97 Å². The lowest BCUT2D eigenvalue weighted by atomic mass is 10.1. The maximum absolute atomic E-state index is 11.4. The zero-order valence-electron chi connectivity index (χ0n) is 8.94. The molecule has 0 saturated carbocycles. The topological polar surface area (TPSA) is 35.5 Å². The highest BCUT2D eigenvalue weighted by Gasteiger charge is 2.27. The Morgan fingerprint density at radius 3 is 2.31 bits per heavy atom. The van der Waals surface area contributed by atoms with Crippen molar-refractivity contribution < 1.29 is 14.3 Å². The third-order valence-electron chi connectivity index (χ3n) is 2.14. The number of rotatable bonds is 4. The van der Waals surface area contributed by atoms with E-state index in [1.165, 1.54) is 14.2 Å². The van der Waals surface area contributed by atoms with Crippen molar-refractivity contribution in [2.24, 2.45) is 0 Å². The lowest BCUT2D eigenvalue weighted by Gasteiger charge is -2.19. The maximum atomic E-state index is 11.4. The Labute approximate surface area is 108 Å². The standard InChI is InChI=1S/C11H12BrClO3/c1-15-10(9(12)11(14)16-2)7-3-5-8(13)6-4-7/h3-6,9-10H,1-2H3. The number of hydrogen-bond donors (Lipinski definition) is 0. The first-order valence-corrected chi connectivity index (χ1v) is 5.89. The molecule has 2 atom stereocenters. The Hall–Kier alpha value is -0.580. The Morgan fingerprint density at radius 1 is 1.31 bits per heavy atom. The number of benzene rings is 1. The van der Waals surface area contributed by atoms with Crippen molar-refractivity contribution >= 4 is 33.5 Å². The van der Waals surface area contributed by atoms with Crippen LogP contribution in [0.1, 0.15) is 11.7 Å². The maximum Gasteiger partial charge on any atom is 0.322 e. The molecule has 0 saturated heterocycles. The fraction of sp³-hybridized carbons (Fsp3) is 0.364.